The summed E-state index contributed by atoms with van der Waals surface area (Å²) in [5.74, 6) is 2.98. The van der Waals surface area contributed by atoms with Crippen LogP contribution in [0, 0.1) is 23.7 Å². The zero-order chi connectivity index (χ0) is 61.7. The van der Waals surface area contributed by atoms with Crippen LogP contribution in [-0.4, -0.2) is 29.9 Å². The number of hydrogen-bond donors (Lipinski definition) is 0. The average Bonchev–Trinajstić information content (AvgIpc) is 1.01. The van der Waals surface area contributed by atoms with E-state index < -0.39 is 0 Å². The second-order valence-electron chi connectivity index (χ2n) is 24.7. The monoisotopic (exact) mass is 1190 g/mol. The van der Waals surface area contributed by atoms with E-state index in [1.54, 1.807) is 0 Å². The molecule has 4 atom stereocenters. The molecule has 92 heavy (non-hydrogen) atoms. The van der Waals surface area contributed by atoms with Crippen molar-refractivity contribution in [2.75, 3.05) is 0 Å². The molecule has 2 fully saturated rings. The molecular formula is C86H72N6. The molecule has 0 bridgehead atoms. The molecule has 12 aromatic rings. The Labute approximate surface area is 541 Å². The van der Waals surface area contributed by atoms with Gasteiger partial charge in [-0.15, -0.1) is 0 Å². The summed E-state index contributed by atoms with van der Waals surface area (Å²) in [4.78, 5) is 28.4. The van der Waals surface area contributed by atoms with Gasteiger partial charge in [-0.05, 0) is 173 Å². The number of nitrogens with zero attached hydrogens (tertiary/aromatic N) is 6. The Morgan fingerprint density at radius 3 is 0.837 bits per heavy atom. The number of rotatable bonds is 17. The fraction of sp³-hybridized carbons (Fsp3) is 0.140. The molecule has 0 spiro atoms. The van der Waals surface area contributed by atoms with Gasteiger partial charge in [0.25, 0.3) is 0 Å². The number of hydrogen-bond acceptors (Lipinski definition) is 6. The SMILES string of the molecule is C(=C/C1CC(/C=C\c2ccc(-c3ccccn3)cc2)CC(c2ccccc2-c2ccc(-c3ncc(-c4ccccc4C4CC(/C=C\c5ccc(-c6ccccn6)cc5)CC(/C=C\c5ccc(-c6ccccn6)cc5)C4)cn3)cc2)C1)/c1ccc(-c2ccccn2)cc1. The first-order valence-electron chi connectivity index (χ1n) is 32.4. The second-order valence-corrected chi connectivity index (χ2v) is 24.7. The molecule has 0 aliphatic heterocycles. The topological polar surface area (TPSA) is 77.3 Å². The van der Waals surface area contributed by atoms with Crippen molar-refractivity contribution < 1.29 is 0 Å². The van der Waals surface area contributed by atoms with E-state index >= 15 is 0 Å². The molecule has 2 aliphatic carbocycles. The molecule has 0 radical (unpaired) electrons. The lowest BCUT2D eigenvalue weighted by atomic mass is 9.71. The molecule has 4 unspecified atom stereocenters. The van der Waals surface area contributed by atoms with Crippen LogP contribution in [0.4, 0.5) is 0 Å². The Kier molecular flexibility index (Phi) is 18.1. The van der Waals surface area contributed by atoms with E-state index in [2.05, 4.69) is 263 Å². The van der Waals surface area contributed by atoms with Crippen molar-refractivity contribution in [2.24, 2.45) is 23.7 Å². The molecule has 5 aromatic heterocycles. The highest BCUT2D eigenvalue weighted by molar-refractivity contribution is 5.73. The standard InChI is InChI=1S/C86H72N6/c1-2-14-79(75-55-65(25-21-61-29-37-70(38-30-61)82-17-5-9-49-87-82)53-66(56-75)26-22-62-31-39-71(40-32-62)83-18-6-10-50-88-83)78(13-1)69-45-47-74(48-46-69)86-91-59-77(60-92-86)81-16-4-3-15-80(81)76-57-67(27-23-63-33-41-72(42-34-63)84-19-7-11-51-89-84)54-68(58-76)28-24-64-35-43-73(44-36-64)85-20-8-12-52-90-85/h1-52,59-60,65-68,75-76H,53-58H2/b25-21-,26-22-,27-23-,28-24-. The van der Waals surface area contributed by atoms with Gasteiger partial charge in [0.1, 0.15) is 0 Å². The Bertz CT molecular complexity index is 3980. The maximum atomic E-state index is 5.08. The van der Waals surface area contributed by atoms with Crippen LogP contribution in [0.5, 0.6) is 0 Å². The minimum absolute atomic E-state index is 0.332. The van der Waals surface area contributed by atoms with Crippen LogP contribution in [0.25, 0.3) is 103 Å². The smallest absolute Gasteiger partial charge is 0.159 e. The van der Waals surface area contributed by atoms with Gasteiger partial charge in [-0.25, -0.2) is 9.97 Å². The molecule has 446 valence electrons. The molecule has 2 aliphatic rings. The van der Waals surface area contributed by atoms with Crippen molar-refractivity contribution >= 4 is 24.3 Å². The van der Waals surface area contributed by atoms with E-state index in [-0.39, 0.29) is 0 Å². The largest absolute Gasteiger partial charge is 0.256 e. The third kappa shape index (κ3) is 14.4. The van der Waals surface area contributed by atoms with E-state index in [9.17, 15) is 0 Å². The van der Waals surface area contributed by atoms with Crippen LogP contribution in [0.3, 0.4) is 0 Å². The summed E-state index contributed by atoms with van der Waals surface area (Å²) in [5, 5.41) is 0. The summed E-state index contributed by atoms with van der Waals surface area (Å²) in [6, 6.07) is 86.2. The fourth-order valence-corrected chi connectivity index (χ4v) is 13.8. The summed E-state index contributed by atoms with van der Waals surface area (Å²) in [6.45, 7) is 0. The Morgan fingerprint density at radius 2 is 0.522 bits per heavy atom. The van der Waals surface area contributed by atoms with Gasteiger partial charge < -0.3 is 0 Å². The molecule has 6 heteroatoms. The molecule has 0 saturated heterocycles. The van der Waals surface area contributed by atoms with E-state index in [0.717, 1.165) is 101 Å². The van der Waals surface area contributed by atoms with Crippen LogP contribution >= 0.6 is 0 Å². The third-order valence-corrected chi connectivity index (χ3v) is 18.5. The number of benzene rings is 7. The minimum atomic E-state index is 0.332. The first-order valence-corrected chi connectivity index (χ1v) is 32.4. The second kappa shape index (κ2) is 28.3. The van der Waals surface area contributed by atoms with Gasteiger partial charge in [0.2, 0.25) is 0 Å². The van der Waals surface area contributed by atoms with Crippen LogP contribution in [-0.2, 0) is 0 Å². The van der Waals surface area contributed by atoms with Crippen LogP contribution in [0.1, 0.15) is 83.7 Å². The number of pyridine rings is 4. The maximum absolute atomic E-state index is 5.08. The van der Waals surface area contributed by atoms with Gasteiger partial charge in [-0.1, -0.05) is 243 Å². The summed E-state index contributed by atoms with van der Waals surface area (Å²) in [7, 11) is 0. The van der Waals surface area contributed by atoms with Gasteiger partial charge in [-0.3, -0.25) is 19.9 Å². The van der Waals surface area contributed by atoms with Crippen LogP contribution in [0.15, 0.2) is 304 Å². The number of aromatic nitrogens is 6. The molecular weight excluding hydrogens is 1120 g/mol. The van der Waals surface area contributed by atoms with E-state index in [4.69, 9.17) is 9.97 Å². The van der Waals surface area contributed by atoms with Crippen molar-refractivity contribution in [2.45, 2.75) is 50.4 Å². The van der Waals surface area contributed by atoms with Gasteiger partial charge in [0.05, 0.1) is 22.8 Å². The lowest BCUT2D eigenvalue weighted by Gasteiger charge is -2.34. The maximum Gasteiger partial charge on any atom is 0.159 e. The zero-order valence-corrected chi connectivity index (χ0v) is 51.6. The third-order valence-electron chi connectivity index (χ3n) is 18.5. The van der Waals surface area contributed by atoms with Crippen LogP contribution < -0.4 is 0 Å². The first kappa shape index (κ1) is 58.8. The van der Waals surface area contributed by atoms with Gasteiger partial charge in [0.15, 0.2) is 5.82 Å². The zero-order valence-electron chi connectivity index (χ0n) is 51.6. The van der Waals surface area contributed by atoms with Gasteiger partial charge in [-0.2, -0.15) is 0 Å². The van der Waals surface area contributed by atoms with Crippen molar-refractivity contribution in [3.05, 3.63) is 338 Å². The highest BCUT2D eigenvalue weighted by Crippen LogP contribution is 2.46. The average molecular weight is 1190 g/mol. The van der Waals surface area contributed by atoms with E-state index in [0.29, 0.717) is 35.5 Å². The lowest BCUT2D eigenvalue weighted by Crippen LogP contribution is -2.20. The summed E-state index contributed by atoms with van der Waals surface area (Å²) < 4.78 is 0. The Balaban J connectivity index is 0.692. The Hall–Kier alpha value is -10.8. The summed E-state index contributed by atoms with van der Waals surface area (Å²) >= 11 is 0. The van der Waals surface area contributed by atoms with Gasteiger partial charge in [0, 0.05) is 70.6 Å². The van der Waals surface area contributed by atoms with Gasteiger partial charge >= 0.3 is 0 Å². The first-order chi connectivity index (χ1) is 45.5. The minimum Gasteiger partial charge on any atom is -0.256 e. The Morgan fingerprint density at radius 1 is 0.239 bits per heavy atom. The normalized spacial score (nSPS) is 18.4. The highest BCUT2D eigenvalue weighted by Gasteiger charge is 2.31. The van der Waals surface area contributed by atoms with Crippen molar-refractivity contribution in [3.8, 4) is 78.7 Å². The summed E-state index contributed by atoms with van der Waals surface area (Å²) in [5.41, 5.74) is 21.7. The van der Waals surface area contributed by atoms with Crippen LogP contribution in [0.2, 0.25) is 0 Å². The van der Waals surface area contributed by atoms with E-state index in [1.807, 2.05) is 85.7 Å². The van der Waals surface area contributed by atoms with Crippen molar-refractivity contribution in [3.63, 3.8) is 0 Å². The quantitative estimate of drug-likeness (QED) is 0.0904. The fourth-order valence-electron chi connectivity index (χ4n) is 13.8. The molecule has 0 amide bonds. The van der Waals surface area contributed by atoms with Crippen molar-refractivity contribution in [1.29, 1.82) is 0 Å². The molecule has 5 heterocycles. The molecule has 2 saturated carbocycles. The molecule has 0 N–H and O–H groups in total. The predicted octanol–water partition coefficient (Wildman–Crippen LogP) is 21.6. The molecule has 14 rings (SSSR count). The predicted molar refractivity (Wildman–Crippen MR) is 380 cm³/mol. The highest BCUT2D eigenvalue weighted by atomic mass is 14.9. The molecule has 6 nitrogen and oxygen atoms in total. The number of allylic oxidation sites excluding steroid dienone is 4. The lowest BCUT2D eigenvalue weighted by molar-refractivity contribution is 0.315. The van der Waals surface area contributed by atoms with Crippen molar-refractivity contribution in [1.82, 2.24) is 29.9 Å². The summed E-state index contributed by atoms with van der Waals surface area (Å²) in [6.07, 6.45) is 37.0. The molecule has 7 aromatic carbocycles. The van der Waals surface area contributed by atoms with E-state index in [1.165, 1.54) is 50.1 Å².